The van der Waals surface area contributed by atoms with E-state index >= 15 is 0 Å². The van der Waals surface area contributed by atoms with Gasteiger partial charge in [0.25, 0.3) is 5.91 Å². The number of hydrogen-bond acceptors (Lipinski definition) is 5. The third-order valence-electron chi connectivity index (χ3n) is 4.95. The number of pyridine rings is 1. The van der Waals surface area contributed by atoms with Gasteiger partial charge in [0.05, 0.1) is 12.1 Å². The largest absolute Gasteiger partial charge is 0.334 e. The SMILES string of the molecule is Cc1nc(CN(C)C(=O)c2cccnc2)nc2c1CCC(=O)N2CCC(C)C. The van der Waals surface area contributed by atoms with E-state index in [0.717, 1.165) is 17.7 Å². The minimum absolute atomic E-state index is 0.108. The van der Waals surface area contributed by atoms with Gasteiger partial charge in [0.15, 0.2) is 0 Å². The molecule has 148 valence electrons. The molecule has 2 amide bonds. The molecular formula is C21H27N5O2. The zero-order valence-electron chi connectivity index (χ0n) is 17.0. The van der Waals surface area contributed by atoms with Crippen molar-refractivity contribution in [2.75, 3.05) is 18.5 Å². The lowest BCUT2D eigenvalue weighted by Crippen LogP contribution is -2.38. The fourth-order valence-corrected chi connectivity index (χ4v) is 3.32. The topological polar surface area (TPSA) is 79.3 Å². The number of carbonyl (C=O) groups excluding carboxylic acids is 2. The van der Waals surface area contributed by atoms with Crippen molar-refractivity contribution in [2.45, 2.75) is 46.6 Å². The first kappa shape index (κ1) is 19.9. The molecule has 0 unspecified atom stereocenters. The molecule has 0 spiro atoms. The number of aryl methyl sites for hydroxylation is 1. The second kappa shape index (κ2) is 8.46. The number of hydrogen-bond donors (Lipinski definition) is 0. The molecule has 0 fully saturated rings. The molecule has 0 aliphatic carbocycles. The van der Waals surface area contributed by atoms with Gasteiger partial charge in [-0.1, -0.05) is 13.8 Å². The molecule has 7 nitrogen and oxygen atoms in total. The summed E-state index contributed by atoms with van der Waals surface area (Å²) in [7, 11) is 1.72. The fraction of sp³-hybridized carbons (Fsp3) is 0.476. The molecular weight excluding hydrogens is 354 g/mol. The predicted octanol–water partition coefficient (Wildman–Crippen LogP) is 2.78. The molecule has 2 aromatic rings. The van der Waals surface area contributed by atoms with Gasteiger partial charge >= 0.3 is 0 Å². The lowest BCUT2D eigenvalue weighted by atomic mass is 10.0. The Hall–Kier alpha value is -2.83. The predicted molar refractivity (Wildman–Crippen MR) is 107 cm³/mol. The molecule has 0 aromatic carbocycles. The van der Waals surface area contributed by atoms with E-state index < -0.39 is 0 Å². The highest BCUT2D eigenvalue weighted by Gasteiger charge is 2.28. The smallest absolute Gasteiger partial charge is 0.255 e. The Labute approximate surface area is 165 Å². The van der Waals surface area contributed by atoms with Crippen LogP contribution in [0.3, 0.4) is 0 Å². The van der Waals surface area contributed by atoms with Gasteiger partial charge in [-0.15, -0.1) is 0 Å². The zero-order valence-corrected chi connectivity index (χ0v) is 17.0. The van der Waals surface area contributed by atoms with Crippen LogP contribution in [0.15, 0.2) is 24.5 Å². The molecule has 0 saturated heterocycles. The number of aromatic nitrogens is 3. The lowest BCUT2D eigenvalue weighted by molar-refractivity contribution is -0.119. The number of anilines is 1. The highest BCUT2D eigenvalue weighted by Crippen LogP contribution is 2.28. The van der Waals surface area contributed by atoms with E-state index in [-0.39, 0.29) is 18.4 Å². The summed E-state index contributed by atoms with van der Waals surface area (Å²) in [4.78, 5) is 41.7. The number of nitrogens with zero attached hydrogens (tertiary/aromatic N) is 5. The first-order valence-electron chi connectivity index (χ1n) is 9.69. The van der Waals surface area contributed by atoms with E-state index in [9.17, 15) is 9.59 Å². The van der Waals surface area contributed by atoms with Crippen LogP contribution in [0.4, 0.5) is 5.82 Å². The van der Waals surface area contributed by atoms with Crippen molar-refractivity contribution in [3.63, 3.8) is 0 Å². The van der Waals surface area contributed by atoms with Gasteiger partial charge in [0.2, 0.25) is 5.91 Å². The van der Waals surface area contributed by atoms with Crippen LogP contribution in [0, 0.1) is 12.8 Å². The maximum Gasteiger partial charge on any atom is 0.255 e. The van der Waals surface area contributed by atoms with Gasteiger partial charge in [0, 0.05) is 43.7 Å². The molecule has 0 N–H and O–H groups in total. The van der Waals surface area contributed by atoms with Crippen LogP contribution in [0.5, 0.6) is 0 Å². The van der Waals surface area contributed by atoms with Crippen LogP contribution < -0.4 is 4.90 Å². The van der Waals surface area contributed by atoms with Crippen LogP contribution in [0.1, 0.15) is 54.1 Å². The highest BCUT2D eigenvalue weighted by atomic mass is 16.2. The van der Waals surface area contributed by atoms with Gasteiger partial charge in [-0.25, -0.2) is 9.97 Å². The van der Waals surface area contributed by atoms with Crippen molar-refractivity contribution in [1.29, 1.82) is 0 Å². The number of rotatable bonds is 6. The average molecular weight is 381 g/mol. The van der Waals surface area contributed by atoms with E-state index in [1.807, 2.05) is 6.92 Å². The summed E-state index contributed by atoms with van der Waals surface area (Å²) in [5, 5.41) is 0. The molecule has 3 heterocycles. The monoisotopic (exact) mass is 381 g/mol. The van der Waals surface area contributed by atoms with Gasteiger partial charge in [-0.2, -0.15) is 0 Å². The molecule has 3 rings (SSSR count). The van der Waals surface area contributed by atoms with Crippen molar-refractivity contribution in [3.8, 4) is 0 Å². The molecule has 0 saturated carbocycles. The Morgan fingerprint density at radius 2 is 2.07 bits per heavy atom. The van der Waals surface area contributed by atoms with E-state index in [4.69, 9.17) is 0 Å². The summed E-state index contributed by atoms with van der Waals surface area (Å²) in [6.07, 6.45) is 5.26. The summed E-state index contributed by atoms with van der Waals surface area (Å²) in [5.41, 5.74) is 2.44. The van der Waals surface area contributed by atoms with Crippen molar-refractivity contribution in [2.24, 2.45) is 5.92 Å². The molecule has 0 atom stereocenters. The molecule has 0 bridgehead atoms. The van der Waals surface area contributed by atoms with Crippen LogP contribution in [0.25, 0.3) is 0 Å². The summed E-state index contributed by atoms with van der Waals surface area (Å²) in [5.74, 6) is 1.72. The minimum atomic E-state index is -0.139. The molecule has 7 heteroatoms. The molecule has 2 aromatic heterocycles. The maximum absolute atomic E-state index is 12.6. The fourth-order valence-electron chi connectivity index (χ4n) is 3.32. The third kappa shape index (κ3) is 4.35. The Kier molecular flexibility index (Phi) is 6.02. The number of amides is 2. The van der Waals surface area contributed by atoms with E-state index in [1.54, 1.807) is 41.4 Å². The first-order valence-corrected chi connectivity index (χ1v) is 9.69. The lowest BCUT2D eigenvalue weighted by Gasteiger charge is -2.30. The van der Waals surface area contributed by atoms with Crippen LogP contribution in [-0.2, 0) is 17.8 Å². The Morgan fingerprint density at radius 1 is 1.29 bits per heavy atom. The molecule has 0 radical (unpaired) electrons. The zero-order chi connectivity index (χ0) is 20.3. The second-order valence-electron chi connectivity index (χ2n) is 7.66. The average Bonchev–Trinajstić information content (AvgIpc) is 2.67. The quantitative estimate of drug-likeness (QED) is 0.769. The Balaban J connectivity index is 1.84. The van der Waals surface area contributed by atoms with Gasteiger partial charge in [-0.05, 0) is 37.8 Å². The van der Waals surface area contributed by atoms with Crippen LogP contribution in [0.2, 0.25) is 0 Å². The summed E-state index contributed by atoms with van der Waals surface area (Å²) < 4.78 is 0. The van der Waals surface area contributed by atoms with Crippen molar-refractivity contribution in [3.05, 3.63) is 47.2 Å². The summed E-state index contributed by atoms with van der Waals surface area (Å²) >= 11 is 0. The Bertz CT molecular complexity index is 867. The summed E-state index contributed by atoms with van der Waals surface area (Å²) in [6.45, 7) is 7.16. The van der Waals surface area contributed by atoms with Crippen LogP contribution in [-0.4, -0.2) is 45.3 Å². The van der Waals surface area contributed by atoms with Gasteiger partial charge in [0.1, 0.15) is 11.6 Å². The van der Waals surface area contributed by atoms with E-state index in [0.29, 0.717) is 42.5 Å². The second-order valence-corrected chi connectivity index (χ2v) is 7.66. The Morgan fingerprint density at radius 3 is 2.75 bits per heavy atom. The van der Waals surface area contributed by atoms with Gasteiger partial charge in [-0.3, -0.25) is 19.5 Å². The third-order valence-corrected chi connectivity index (χ3v) is 4.95. The highest BCUT2D eigenvalue weighted by molar-refractivity contribution is 5.95. The van der Waals surface area contributed by atoms with E-state index in [2.05, 4.69) is 28.8 Å². The van der Waals surface area contributed by atoms with Crippen LogP contribution >= 0.6 is 0 Å². The normalized spacial score (nSPS) is 13.6. The van der Waals surface area contributed by atoms with Crippen molar-refractivity contribution in [1.82, 2.24) is 19.9 Å². The van der Waals surface area contributed by atoms with E-state index in [1.165, 1.54) is 0 Å². The minimum Gasteiger partial charge on any atom is -0.334 e. The van der Waals surface area contributed by atoms with Crippen molar-refractivity contribution < 1.29 is 9.59 Å². The summed E-state index contributed by atoms with van der Waals surface area (Å²) in [6, 6.07) is 3.47. The standard InChI is InChI=1S/C21H27N5O2/c1-14(2)9-11-26-19(27)8-7-17-15(3)23-18(24-20(17)26)13-25(4)21(28)16-6-5-10-22-12-16/h5-6,10,12,14H,7-9,11,13H2,1-4H3. The first-order chi connectivity index (χ1) is 13.4. The molecule has 1 aliphatic heterocycles. The molecule has 1 aliphatic rings. The number of carbonyl (C=O) groups is 2. The van der Waals surface area contributed by atoms with Crippen molar-refractivity contribution >= 4 is 17.6 Å². The molecule has 28 heavy (non-hydrogen) atoms. The van der Waals surface area contributed by atoms with Gasteiger partial charge < -0.3 is 4.90 Å². The maximum atomic E-state index is 12.6. The number of fused-ring (bicyclic) bond motifs is 1.